The van der Waals surface area contributed by atoms with E-state index in [2.05, 4.69) is 15.6 Å². The molecular weight excluding hydrogens is 438 g/mol. The van der Waals surface area contributed by atoms with E-state index in [1.165, 1.54) is 4.90 Å². The number of hydrogen-bond donors (Lipinski definition) is 5. The zero-order chi connectivity index (χ0) is 24.8. The molecule has 0 radical (unpaired) electrons. The number of para-hydroxylation sites is 1. The first kappa shape index (κ1) is 25.2. The summed E-state index contributed by atoms with van der Waals surface area (Å²) in [5.74, 6) is -2.60. The first-order valence-electron chi connectivity index (χ1n) is 11.6. The highest BCUT2D eigenvalue weighted by Gasteiger charge is 2.40. The van der Waals surface area contributed by atoms with E-state index in [4.69, 9.17) is 5.73 Å². The van der Waals surface area contributed by atoms with Crippen LogP contribution in [0.15, 0.2) is 30.5 Å². The van der Waals surface area contributed by atoms with Crippen LogP contribution in [0.5, 0.6) is 0 Å². The number of aromatic amines is 1. The van der Waals surface area contributed by atoms with Crippen molar-refractivity contribution < 1.29 is 24.3 Å². The lowest BCUT2D eigenvalue weighted by Crippen LogP contribution is -2.57. The molecule has 10 nitrogen and oxygen atoms in total. The second kappa shape index (κ2) is 11.1. The molecule has 3 amide bonds. The van der Waals surface area contributed by atoms with E-state index >= 15 is 0 Å². The molecule has 10 heteroatoms. The lowest BCUT2D eigenvalue weighted by Gasteiger charge is -2.31. The smallest absolute Gasteiger partial charge is 0.326 e. The Kier molecular flexibility index (Phi) is 8.27. The molecule has 1 aliphatic rings. The number of carboxylic acids is 1. The molecule has 4 unspecified atom stereocenters. The molecule has 2 aromatic rings. The van der Waals surface area contributed by atoms with Gasteiger partial charge in [-0.15, -0.1) is 0 Å². The summed E-state index contributed by atoms with van der Waals surface area (Å²) in [6, 6.07) is 4.80. The molecule has 0 aliphatic carbocycles. The number of hydrogen-bond acceptors (Lipinski definition) is 5. The number of nitrogens with one attached hydrogen (secondary N) is 3. The van der Waals surface area contributed by atoms with Gasteiger partial charge in [0.1, 0.15) is 18.1 Å². The number of carbonyl (C=O) groups is 4. The third-order valence-corrected chi connectivity index (χ3v) is 6.53. The van der Waals surface area contributed by atoms with Gasteiger partial charge in [-0.2, -0.15) is 0 Å². The summed E-state index contributed by atoms with van der Waals surface area (Å²) in [6.07, 6.45) is 3.54. The Morgan fingerprint density at radius 2 is 1.97 bits per heavy atom. The highest BCUT2D eigenvalue weighted by molar-refractivity contribution is 5.94. The van der Waals surface area contributed by atoms with E-state index in [0.29, 0.717) is 25.8 Å². The Balaban J connectivity index is 1.74. The molecule has 0 bridgehead atoms. The third-order valence-electron chi connectivity index (χ3n) is 6.53. The van der Waals surface area contributed by atoms with E-state index < -0.39 is 35.9 Å². The second-order valence-corrected chi connectivity index (χ2v) is 8.79. The average molecular weight is 472 g/mol. The van der Waals surface area contributed by atoms with E-state index in [1.54, 1.807) is 6.20 Å². The number of likely N-dealkylation sites (tertiary alicyclic amines) is 1. The number of benzene rings is 1. The van der Waals surface area contributed by atoms with E-state index in [1.807, 2.05) is 38.1 Å². The Morgan fingerprint density at radius 1 is 1.24 bits per heavy atom. The molecular formula is C24H33N5O5. The van der Waals surface area contributed by atoms with Crippen LogP contribution in [-0.4, -0.2) is 69.9 Å². The number of aromatic nitrogens is 1. The van der Waals surface area contributed by atoms with Gasteiger partial charge in [-0.1, -0.05) is 38.5 Å². The largest absolute Gasteiger partial charge is 0.480 e. The number of carbonyl (C=O) groups excluding carboxylic acids is 3. The molecule has 0 spiro atoms. The third kappa shape index (κ3) is 5.56. The summed E-state index contributed by atoms with van der Waals surface area (Å²) >= 11 is 0. The summed E-state index contributed by atoms with van der Waals surface area (Å²) in [6.45, 7) is 3.89. The van der Waals surface area contributed by atoms with Gasteiger partial charge in [0.05, 0.1) is 6.54 Å². The van der Waals surface area contributed by atoms with E-state index in [9.17, 15) is 24.3 Å². The minimum absolute atomic E-state index is 0.105. The number of rotatable bonds is 10. The van der Waals surface area contributed by atoms with Gasteiger partial charge < -0.3 is 31.4 Å². The first-order valence-corrected chi connectivity index (χ1v) is 11.6. The Bertz CT molecular complexity index is 1050. The SMILES string of the molecule is CCC(C)C(NC(=O)CN)C(=O)N1CCCC1C(=O)NC(Cc1c[nH]c2ccccc12)C(=O)O. The first-order chi connectivity index (χ1) is 16.3. The van der Waals surface area contributed by atoms with Crippen LogP contribution in [0, 0.1) is 5.92 Å². The van der Waals surface area contributed by atoms with Crippen LogP contribution in [0.2, 0.25) is 0 Å². The molecule has 184 valence electrons. The van der Waals surface area contributed by atoms with E-state index in [0.717, 1.165) is 16.5 Å². The molecule has 2 heterocycles. The van der Waals surface area contributed by atoms with Gasteiger partial charge in [-0.25, -0.2) is 4.79 Å². The molecule has 0 saturated carbocycles. The molecule has 3 rings (SSSR count). The van der Waals surface area contributed by atoms with Crippen LogP contribution >= 0.6 is 0 Å². The van der Waals surface area contributed by atoms with Crippen molar-refractivity contribution >= 4 is 34.6 Å². The monoisotopic (exact) mass is 471 g/mol. The van der Waals surface area contributed by atoms with Gasteiger partial charge in [-0.3, -0.25) is 14.4 Å². The summed E-state index contributed by atoms with van der Waals surface area (Å²) in [5.41, 5.74) is 7.07. The van der Waals surface area contributed by atoms with Crippen molar-refractivity contribution in [2.75, 3.05) is 13.1 Å². The Hall–Kier alpha value is -3.40. The second-order valence-electron chi connectivity index (χ2n) is 8.79. The topological polar surface area (TPSA) is 158 Å². The van der Waals surface area contributed by atoms with Crippen molar-refractivity contribution in [3.63, 3.8) is 0 Å². The summed E-state index contributed by atoms with van der Waals surface area (Å²) in [7, 11) is 0. The fraction of sp³-hybridized carbons (Fsp3) is 0.500. The predicted octanol–water partition coefficient (Wildman–Crippen LogP) is 0.760. The van der Waals surface area contributed by atoms with Crippen LogP contribution in [0.3, 0.4) is 0 Å². The van der Waals surface area contributed by atoms with Gasteiger partial charge in [0.2, 0.25) is 17.7 Å². The molecule has 1 aromatic heterocycles. The lowest BCUT2D eigenvalue weighted by atomic mass is 9.97. The molecule has 6 N–H and O–H groups in total. The van der Waals surface area contributed by atoms with Crippen molar-refractivity contribution in [3.8, 4) is 0 Å². The number of carboxylic acid groups (broad SMARTS) is 1. The van der Waals surface area contributed by atoms with Gasteiger partial charge >= 0.3 is 5.97 Å². The number of H-pyrrole nitrogens is 1. The van der Waals surface area contributed by atoms with Crippen LogP contribution < -0.4 is 16.4 Å². The maximum Gasteiger partial charge on any atom is 0.326 e. The zero-order valence-corrected chi connectivity index (χ0v) is 19.5. The quantitative estimate of drug-likeness (QED) is 0.344. The molecule has 1 aliphatic heterocycles. The van der Waals surface area contributed by atoms with Crippen LogP contribution in [0.25, 0.3) is 10.9 Å². The van der Waals surface area contributed by atoms with Gasteiger partial charge in [0.15, 0.2) is 0 Å². The van der Waals surface area contributed by atoms with Crippen molar-refractivity contribution in [1.82, 2.24) is 20.5 Å². The molecule has 34 heavy (non-hydrogen) atoms. The molecule has 1 fully saturated rings. The Morgan fingerprint density at radius 3 is 2.65 bits per heavy atom. The van der Waals surface area contributed by atoms with Crippen molar-refractivity contribution in [3.05, 3.63) is 36.0 Å². The Labute approximate surface area is 198 Å². The highest BCUT2D eigenvalue weighted by atomic mass is 16.4. The number of nitrogens with zero attached hydrogens (tertiary/aromatic N) is 1. The maximum atomic E-state index is 13.3. The number of amides is 3. The van der Waals surface area contributed by atoms with Gasteiger partial charge in [-0.05, 0) is 30.4 Å². The minimum atomic E-state index is -1.15. The molecule has 1 aromatic carbocycles. The fourth-order valence-electron chi connectivity index (χ4n) is 4.39. The predicted molar refractivity (Wildman–Crippen MR) is 127 cm³/mol. The lowest BCUT2D eigenvalue weighted by molar-refractivity contribution is -0.145. The number of fused-ring (bicyclic) bond motifs is 1. The van der Waals surface area contributed by atoms with Gasteiger partial charge in [0, 0.05) is 30.1 Å². The summed E-state index contributed by atoms with van der Waals surface area (Å²) in [5, 5.41) is 16.0. The maximum absolute atomic E-state index is 13.3. The van der Waals surface area contributed by atoms with Crippen LogP contribution in [0.4, 0.5) is 0 Å². The minimum Gasteiger partial charge on any atom is -0.480 e. The molecule has 1 saturated heterocycles. The van der Waals surface area contributed by atoms with Crippen LogP contribution in [0.1, 0.15) is 38.7 Å². The zero-order valence-electron chi connectivity index (χ0n) is 19.5. The molecule has 4 atom stereocenters. The average Bonchev–Trinajstić information content (AvgIpc) is 3.48. The number of aliphatic carboxylic acids is 1. The fourth-order valence-corrected chi connectivity index (χ4v) is 4.39. The highest BCUT2D eigenvalue weighted by Crippen LogP contribution is 2.23. The van der Waals surface area contributed by atoms with Gasteiger partial charge in [0.25, 0.3) is 0 Å². The number of nitrogens with two attached hydrogens (primary N) is 1. The summed E-state index contributed by atoms with van der Waals surface area (Å²) < 4.78 is 0. The van der Waals surface area contributed by atoms with Crippen molar-refractivity contribution in [1.29, 1.82) is 0 Å². The van der Waals surface area contributed by atoms with Crippen molar-refractivity contribution in [2.24, 2.45) is 11.7 Å². The van der Waals surface area contributed by atoms with Crippen LogP contribution in [-0.2, 0) is 25.6 Å². The summed E-state index contributed by atoms with van der Waals surface area (Å²) in [4.78, 5) is 54.8. The van der Waals surface area contributed by atoms with Crippen molar-refractivity contribution in [2.45, 2.75) is 57.7 Å². The van der Waals surface area contributed by atoms with E-state index in [-0.39, 0.29) is 24.8 Å². The standard InChI is InChI=1S/C24H33N5O5/c1-3-14(2)21(28-20(30)12-25)23(32)29-10-6-9-19(29)22(31)27-18(24(33)34)11-15-13-26-17-8-5-4-7-16(15)17/h4-5,7-8,13-14,18-19,21,26H,3,6,9-12,25H2,1-2H3,(H,27,31)(H,28,30)(H,33,34). The normalized spacial score (nSPS) is 18.3.